The van der Waals surface area contributed by atoms with Crippen molar-refractivity contribution in [2.75, 3.05) is 6.61 Å². The maximum atomic E-state index is 9.81. The number of aromatic hydroxyl groups is 1. The minimum Gasteiger partial charge on any atom is -0.504 e. The van der Waals surface area contributed by atoms with Crippen molar-refractivity contribution in [2.24, 2.45) is 0 Å². The van der Waals surface area contributed by atoms with E-state index in [0.29, 0.717) is 5.56 Å². The predicted molar refractivity (Wildman–Crippen MR) is 68.4 cm³/mol. The van der Waals surface area contributed by atoms with Gasteiger partial charge in [-0.25, -0.2) is 0 Å². The lowest BCUT2D eigenvalue weighted by atomic mass is 9.99. The average molecular weight is 302 g/mol. The van der Waals surface area contributed by atoms with Crippen LogP contribution >= 0.6 is 0 Å². The quantitative estimate of drug-likeness (QED) is 0.378. The first-order chi connectivity index (χ1) is 9.97. The molecule has 1 saturated heterocycles. The maximum Gasteiger partial charge on any atom is 0.229 e. The third-order valence-corrected chi connectivity index (χ3v) is 3.30. The molecule has 0 aromatic heterocycles. The number of hydrogen-bond donors (Lipinski definition) is 6. The van der Waals surface area contributed by atoms with Crippen LogP contribution in [0, 0.1) is 0 Å². The molecule has 1 fully saturated rings. The minimum atomic E-state index is -1.56. The highest BCUT2D eigenvalue weighted by Crippen LogP contribution is 2.31. The van der Waals surface area contributed by atoms with E-state index in [2.05, 4.69) is 0 Å². The Morgan fingerprint density at radius 2 is 1.76 bits per heavy atom. The molecule has 0 unspecified atom stereocenters. The summed E-state index contributed by atoms with van der Waals surface area (Å²) >= 11 is 0. The monoisotopic (exact) mass is 302 g/mol. The first-order valence-corrected chi connectivity index (χ1v) is 6.38. The summed E-state index contributed by atoms with van der Waals surface area (Å²) in [4.78, 5) is 0. The van der Waals surface area contributed by atoms with Gasteiger partial charge in [0.15, 0.2) is 11.5 Å². The van der Waals surface area contributed by atoms with Gasteiger partial charge < -0.3 is 40.1 Å². The molecule has 0 amide bonds. The molecule has 0 aliphatic carbocycles. The Morgan fingerprint density at radius 1 is 1.05 bits per heavy atom. The fraction of sp³-hybridized carbons (Fsp3) is 0.538. The van der Waals surface area contributed by atoms with E-state index in [0.717, 1.165) is 0 Å². The standard InChI is InChI=1S/C13H18O8/c14-4-6-1-2-8(7(16)3-6)20-13-12(19)11(18)10(17)9(5-15)21-13/h1-3,9-19H,4-5H2/t9-,10-,11+,12-,13+/m1/s1. The highest BCUT2D eigenvalue weighted by molar-refractivity contribution is 5.41. The molecule has 0 bridgehead atoms. The fourth-order valence-corrected chi connectivity index (χ4v) is 2.05. The number of hydrogen-bond acceptors (Lipinski definition) is 8. The molecule has 8 heteroatoms. The number of phenolic OH excluding ortho intramolecular Hbond substituents is 1. The van der Waals surface area contributed by atoms with Crippen molar-refractivity contribution in [3.05, 3.63) is 23.8 Å². The Bertz CT molecular complexity index is 477. The van der Waals surface area contributed by atoms with Gasteiger partial charge in [-0.2, -0.15) is 0 Å². The molecular formula is C13H18O8. The summed E-state index contributed by atoms with van der Waals surface area (Å²) in [5, 5.41) is 56.8. The zero-order valence-electron chi connectivity index (χ0n) is 11.0. The topological polar surface area (TPSA) is 140 Å². The molecule has 5 atom stereocenters. The Labute approximate surface area is 120 Å². The number of aliphatic hydroxyl groups is 5. The maximum absolute atomic E-state index is 9.81. The summed E-state index contributed by atoms with van der Waals surface area (Å²) in [5.74, 6) is -0.310. The Kier molecular flexibility index (Phi) is 4.99. The lowest BCUT2D eigenvalue weighted by Gasteiger charge is -2.39. The van der Waals surface area contributed by atoms with Crippen LogP contribution in [-0.4, -0.2) is 68.0 Å². The largest absolute Gasteiger partial charge is 0.504 e. The SMILES string of the molecule is OCc1ccc(O[C@H]2O[C@H](CO)[C@@H](O)[C@H](O)[C@H]2O)c(O)c1. The second-order valence-electron chi connectivity index (χ2n) is 4.78. The van der Waals surface area contributed by atoms with Crippen LogP contribution in [-0.2, 0) is 11.3 Å². The molecule has 0 saturated carbocycles. The van der Waals surface area contributed by atoms with Crippen LogP contribution in [0.15, 0.2) is 18.2 Å². The Hall–Kier alpha value is -1.42. The van der Waals surface area contributed by atoms with Gasteiger partial charge >= 0.3 is 0 Å². The molecule has 1 heterocycles. The van der Waals surface area contributed by atoms with Gasteiger partial charge in [0.25, 0.3) is 0 Å². The first-order valence-electron chi connectivity index (χ1n) is 6.38. The number of ether oxygens (including phenoxy) is 2. The molecular weight excluding hydrogens is 284 g/mol. The van der Waals surface area contributed by atoms with Crippen LogP contribution in [0.5, 0.6) is 11.5 Å². The first kappa shape index (κ1) is 16.0. The molecule has 1 aromatic carbocycles. The van der Waals surface area contributed by atoms with Crippen molar-refractivity contribution in [3.8, 4) is 11.5 Å². The second-order valence-corrected chi connectivity index (χ2v) is 4.78. The van der Waals surface area contributed by atoms with Gasteiger partial charge in [0.2, 0.25) is 6.29 Å². The van der Waals surface area contributed by atoms with Crippen LogP contribution in [0.3, 0.4) is 0 Å². The zero-order chi connectivity index (χ0) is 15.6. The van der Waals surface area contributed by atoms with Crippen molar-refractivity contribution in [2.45, 2.75) is 37.3 Å². The van der Waals surface area contributed by atoms with Crippen LogP contribution in [0.2, 0.25) is 0 Å². The van der Waals surface area contributed by atoms with Gasteiger partial charge in [0, 0.05) is 0 Å². The van der Waals surface area contributed by atoms with Crippen LogP contribution < -0.4 is 4.74 Å². The molecule has 8 nitrogen and oxygen atoms in total. The number of aliphatic hydroxyl groups excluding tert-OH is 5. The van der Waals surface area contributed by atoms with E-state index in [-0.39, 0.29) is 18.1 Å². The molecule has 1 aromatic rings. The summed E-state index contributed by atoms with van der Waals surface area (Å²) in [6.07, 6.45) is -7.05. The van der Waals surface area contributed by atoms with Gasteiger partial charge in [-0.3, -0.25) is 0 Å². The van der Waals surface area contributed by atoms with Crippen LogP contribution in [0.4, 0.5) is 0 Å². The summed E-state index contributed by atoms with van der Waals surface area (Å²) in [6, 6.07) is 4.14. The smallest absolute Gasteiger partial charge is 0.229 e. The summed E-state index contributed by atoms with van der Waals surface area (Å²) < 4.78 is 10.4. The van der Waals surface area contributed by atoms with E-state index in [4.69, 9.17) is 19.7 Å². The van der Waals surface area contributed by atoms with Gasteiger partial charge in [-0.05, 0) is 17.7 Å². The minimum absolute atomic E-state index is 0.0310. The summed E-state index contributed by atoms with van der Waals surface area (Å²) in [6.45, 7) is -0.825. The molecule has 2 rings (SSSR count). The van der Waals surface area contributed by atoms with Gasteiger partial charge in [-0.1, -0.05) is 6.07 Å². The van der Waals surface area contributed by atoms with Crippen molar-refractivity contribution in [3.63, 3.8) is 0 Å². The predicted octanol–water partition coefficient (Wildman–Crippen LogP) is -1.94. The fourth-order valence-electron chi connectivity index (χ4n) is 2.05. The van der Waals surface area contributed by atoms with E-state index < -0.39 is 37.3 Å². The van der Waals surface area contributed by atoms with E-state index >= 15 is 0 Å². The van der Waals surface area contributed by atoms with Crippen molar-refractivity contribution in [1.29, 1.82) is 0 Å². The molecule has 0 radical (unpaired) electrons. The highest BCUT2D eigenvalue weighted by Gasteiger charge is 2.44. The Balaban J connectivity index is 2.14. The second kappa shape index (κ2) is 6.56. The molecule has 0 spiro atoms. The van der Waals surface area contributed by atoms with Crippen molar-refractivity contribution < 1.29 is 40.1 Å². The molecule has 118 valence electrons. The summed E-state index contributed by atoms with van der Waals surface area (Å²) in [5.41, 5.74) is 0.466. The van der Waals surface area contributed by atoms with Crippen molar-refractivity contribution in [1.82, 2.24) is 0 Å². The highest BCUT2D eigenvalue weighted by atomic mass is 16.7. The molecule has 1 aliphatic rings. The molecule has 1 aliphatic heterocycles. The van der Waals surface area contributed by atoms with Gasteiger partial charge in [0.05, 0.1) is 13.2 Å². The molecule has 21 heavy (non-hydrogen) atoms. The zero-order valence-corrected chi connectivity index (χ0v) is 11.0. The number of rotatable bonds is 4. The Morgan fingerprint density at radius 3 is 2.33 bits per heavy atom. The normalized spacial score (nSPS) is 32.9. The van der Waals surface area contributed by atoms with Crippen molar-refractivity contribution >= 4 is 0 Å². The number of phenols is 1. The van der Waals surface area contributed by atoms with E-state index in [1.54, 1.807) is 0 Å². The lowest BCUT2D eigenvalue weighted by molar-refractivity contribution is -0.277. The summed E-state index contributed by atoms with van der Waals surface area (Å²) in [7, 11) is 0. The van der Waals surface area contributed by atoms with Gasteiger partial charge in [-0.15, -0.1) is 0 Å². The van der Waals surface area contributed by atoms with E-state index in [1.165, 1.54) is 18.2 Å². The average Bonchev–Trinajstić information content (AvgIpc) is 2.49. The van der Waals surface area contributed by atoms with Crippen LogP contribution in [0.1, 0.15) is 5.56 Å². The lowest BCUT2D eigenvalue weighted by Crippen LogP contribution is -2.60. The van der Waals surface area contributed by atoms with Crippen LogP contribution in [0.25, 0.3) is 0 Å². The van der Waals surface area contributed by atoms with E-state index in [9.17, 15) is 20.4 Å². The number of benzene rings is 1. The third-order valence-electron chi connectivity index (χ3n) is 3.30. The van der Waals surface area contributed by atoms with E-state index in [1.807, 2.05) is 0 Å². The molecule has 6 N–H and O–H groups in total. The third kappa shape index (κ3) is 3.26. The van der Waals surface area contributed by atoms with Gasteiger partial charge in [0.1, 0.15) is 24.4 Å².